The van der Waals surface area contributed by atoms with Crippen LogP contribution >= 0.6 is 0 Å². The van der Waals surface area contributed by atoms with Gasteiger partial charge in [0.2, 0.25) is 6.10 Å². The summed E-state index contributed by atoms with van der Waals surface area (Å²) in [5.41, 5.74) is 2.64. The van der Waals surface area contributed by atoms with Crippen LogP contribution in [0.4, 0.5) is 5.82 Å². The van der Waals surface area contributed by atoms with E-state index in [0.29, 0.717) is 12.2 Å². The third kappa shape index (κ3) is 2.54. The van der Waals surface area contributed by atoms with E-state index >= 15 is 0 Å². The molecule has 1 amide bonds. The van der Waals surface area contributed by atoms with E-state index in [1.807, 2.05) is 37.3 Å². The highest BCUT2D eigenvalue weighted by Crippen LogP contribution is 2.18. The highest BCUT2D eigenvalue weighted by molar-refractivity contribution is 6.05. The maximum Gasteiger partial charge on any atom is 0.269 e. The Morgan fingerprint density at radius 1 is 1.40 bits per heavy atom. The van der Waals surface area contributed by atoms with Gasteiger partial charge in [-0.2, -0.15) is 5.10 Å². The summed E-state index contributed by atoms with van der Waals surface area (Å²) in [4.78, 5) is 17.2. The van der Waals surface area contributed by atoms with Crippen molar-refractivity contribution in [1.82, 2.24) is 10.2 Å². The maximum absolute atomic E-state index is 12.0. The normalized spacial score (nSPS) is 17.4. The molecule has 0 saturated carbocycles. The number of aromatic amines is 1. The lowest BCUT2D eigenvalue weighted by Gasteiger charge is -2.06. The van der Waals surface area contributed by atoms with Gasteiger partial charge in [-0.05, 0) is 12.5 Å². The highest BCUT2D eigenvalue weighted by Gasteiger charge is 2.29. The minimum Gasteiger partial charge on any atom is -0.382 e. The lowest BCUT2D eigenvalue weighted by molar-refractivity contribution is -0.125. The van der Waals surface area contributed by atoms with Crippen LogP contribution in [0.3, 0.4) is 0 Å². The number of nitrogens with zero attached hydrogens (tertiary/aromatic N) is 2. The van der Waals surface area contributed by atoms with E-state index < -0.39 is 6.10 Å². The molecule has 0 saturated heterocycles. The summed E-state index contributed by atoms with van der Waals surface area (Å²) in [7, 11) is 0. The molecule has 1 aromatic carbocycles. The van der Waals surface area contributed by atoms with Gasteiger partial charge in [0, 0.05) is 18.2 Å². The van der Waals surface area contributed by atoms with Crippen molar-refractivity contribution >= 4 is 17.4 Å². The van der Waals surface area contributed by atoms with Gasteiger partial charge in [-0.3, -0.25) is 9.89 Å². The summed E-state index contributed by atoms with van der Waals surface area (Å²) in [5, 5.41) is 13.4. The van der Waals surface area contributed by atoms with Crippen molar-refractivity contribution in [2.24, 2.45) is 5.16 Å². The third-order valence-corrected chi connectivity index (χ3v) is 3.03. The fourth-order valence-corrected chi connectivity index (χ4v) is 2.01. The van der Waals surface area contributed by atoms with Gasteiger partial charge in [0.25, 0.3) is 5.91 Å². The molecule has 1 aromatic heterocycles. The number of oxime groups is 1. The van der Waals surface area contributed by atoms with E-state index in [1.54, 1.807) is 6.07 Å². The quantitative estimate of drug-likeness (QED) is 0.893. The molecule has 1 atom stereocenters. The number of nitrogens with one attached hydrogen (secondary N) is 2. The lowest BCUT2D eigenvalue weighted by Crippen LogP contribution is -2.28. The first-order valence-corrected chi connectivity index (χ1v) is 6.33. The number of aromatic nitrogens is 2. The molecule has 0 spiro atoms. The number of anilines is 1. The standard InChI is InChI=1S/C14H14N4O2/c1-9-7-13(17-16-9)15-14(19)12-8-11(18-20-12)10-5-3-2-4-6-10/h2-7,12H,8H2,1H3,(H2,15,16,17,19). The number of benzene rings is 1. The first-order valence-electron chi connectivity index (χ1n) is 6.33. The van der Waals surface area contributed by atoms with E-state index in [2.05, 4.69) is 20.7 Å². The SMILES string of the molecule is Cc1cc(NC(=O)C2CC(c3ccccc3)=NO2)n[nH]1. The zero-order valence-electron chi connectivity index (χ0n) is 11.0. The molecule has 0 radical (unpaired) electrons. The molecule has 0 fully saturated rings. The van der Waals surface area contributed by atoms with Crippen LogP contribution in [0.5, 0.6) is 0 Å². The molecule has 6 nitrogen and oxygen atoms in total. The fraction of sp³-hybridized carbons (Fsp3) is 0.214. The van der Waals surface area contributed by atoms with Crippen LogP contribution in [-0.4, -0.2) is 27.9 Å². The number of aryl methyl sites for hydroxylation is 1. The number of carbonyl (C=O) groups excluding carboxylic acids is 1. The Bertz CT molecular complexity index is 648. The monoisotopic (exact) mass is 270 g/mol. The average Bonchev–Trinajstić information content (AvgIpc) is 3.09. The van der Waals surface area contributed by atoms with Crippen LogP contribution in [0.25, 0.3) is 0 Å². The van der Waals surface area contributed by atoms with Crippen molar-refractivity contribution in [2.75, 3.05) is 5.32 Å². The summed E-state index contributed by atoms with van der Waals surface area (Å²) in [6.45, 7) is 1.87. The molecule has 3 rings (SSSR count). The van der Waals surface area contributed by atoms with Gasteiger partial charge < -0.3 is 10.2 Å². The van der Waals surface area contributed by atoms with Crippen LogP contribution in [-0.2, 0) is 9.63 Å². The van der Waals surface area contributed by atoms with Crippen molar-refractivity contribution < 1.29 is 9.63 Å². The number of hydrogen-bond donors (Lipinski definition) is 2. The summed E-state index contributed by atoms with van der Waals surface area (Å²) in [6, 6.07) is 11.4. The second kappa shape index (κ2) is 5.16. The molecule has 0 bridgehead atoms. The van der Waals surface area contributed by atoms with E-state index in [4.69, 9.17) is 4.84 Å². The fourth-order valence-electron chi connectivity index (χ4n) is 2.01. The Balaban J connectivity index is 1.62. The average molecular weight is 270 g/mol. The van der Waals surface area contributed by atoms with Crippen LogP contribution in [0.15, 0.2) is 41.6 Å². The molecule has 2 N–H and O–H groups in total. The first-order chi connectivity index (χ1) is 9.72. The van der Waals surface area contributed by atoms with Crippen LogP contribution in [0, 0.1) is 6.92 Å². The van der Waals surface area contributed by atoms with Crippen molar-refractivity contribution in [2.45, 2.75) is 19.4 Å². The molecule has 0 aliphatic carbocycles. The van der Waals surface area contributed by atoms with Crippen LogP contribution < -0.4 is 5.32 Å². The van der Waals surface area contributed by atoms with E-state index in [-0.39, 0.29) is 5.91 Å². The Morgan fingerprint density at radius 3 is 2.90 bits per heavy atom. The second-order valence-corrected chi connectivity index (χ2v) is 4.63. The van der Waals surface area contributed by atoms with E-state index in [9.17, 15) is 4.79 Å². The molecule has 2 heterocycles. The number of amides is 1. The van der Waals surface area contributed by atoms with Gasteiger partial charge >= 0.3 is 0 Å². The van der Waals surface area contributed by atoms with Crippen molar-refractivity contribution in [1.29, 1.82) is 0 Å². The Hall–Kier alpha value is -2.63. The number of H-pyrrole nitrogens is 1. The summed E-state index contributed by atoms with van der Waals surface area (Å²) in [5.74, 6) is 0.246. The highest BCUT2D eigenvalue weighted by atomic mass is 16.6. The van der Waals surface area contributed by atoms with Gasteiger partial charge in [0.1, 0.15) is 0 Å². The largest absolute Gasteiger partial charge is 0.382 e. The molecule has 6 heteroatoms. The first kappa shape index (κ1) is 12.4. The van der Waals surface area contributed by atoms with Crippen LogP contribution in [0.2, 0.25) is 0 Å². The number of carbonyl (C=O) groups is 1. The molecule has 20 heavy (non-hydrogen) atoms. The van der Waals surface area contributed by atoms with Gasteiger partial charge in [-0.25, -0.2) is 0 Å². The molecule has 1 unspecified atom stereocenters. The lowest BCUT2D eigenvalue weighted by atomic mass is 10.0. The summed E-state index contributed by atoms with van der Waals surface area (Å²) < 4.78 is 0. The Morgan fingerprint density at radius 2 is 2.20 bits per heavy atom. The summed E-state index contributed by atoms with van der Waals surface area (Å²) >= 11 is 0. The zero-order valence-corrected chi connectivity index (χ0v) is 11.0. The van der Waals surface area contributed by atoms with Gasteiger partial charge in [-0.1, -0.05) is 35.5 Å². The number of rotatable bonds is 3. The van der Waals surface area contributed by atoms with Gasteiger partial charge in [0.15, 0.2) is 5.82 Å². The van der Waals surface area contributed by atoms with Crippen molar-refractivity contribution in [3.05, 3.63) is 47.7 Å². The number of hydrogen-bond acceptors (Lipinski definition) is 4. The Labute approximate surface area is 115 Å². The summed E-state index contributed by atoms with van der Waals surface area (Å²) in [6.07, 6.45) is -0.151. The molecule has 102 valence electrons. The maximum atomic E-state index is 12.0. The van der Waals surface area contributed by atoms with E-state index in [1.165, 1.54) is 0 Å². The van der Waals surface area contributed by atoms with Crippen molar-refractivity contribution in [3.8, 4) is 0 Å². The minimum absolute atomic E-state index is 0.244. The second-order valence-electron chi connectivity index (χ2n) is 4.63. The zero-order chi connectivity index (χ0) is 13.9. The van der Waals surface area contributed by atoms with Crippen molar-refractivity contribution in [3.63, 3.8) is 0 Å². The van der Waals surface area contributed by atoms with Gasteiger partial charge in [0.05, 0.1) is 5.71 Å². The predicted octanol–water partition coefficient (Wildman–Crippen LogP) is 1.85. The van der Waals surface area contributed by atoms with Gasteiger partial charge in [-0.15, -0.1) is 0 Å². The topological polar surface area (TPSA) is 79.4 Å². The minimum atomic E-state index is -0.609. The predicted molar refractivity (Wildman–Crippen MR) is 74.4 cm³/mol. The van der Waals surface area contributed by atoms with E-state index in [0.717, 1.165) is 17.0 Å². The molecular formula is C14H14N4O2. The smallest absolute Gasteiger partial charge is 0.269 e. The molecular weight excluding hydrogens is 256 g/mol. The Kier molecular flexibility index (Phi) is 3.20. The molecule has 1 aliphatic rings. The molecule has 2 aromatic rings. The van der Waals surface area contributed by atoms with Crippen LogP contribution in [0.1, 0.15) is 17.7 Å². The molecule has 1 aliphatic heterocycles. The third-order valence-electron chi connectivity index (χ3n) is 3.03.